The first kappa shape index (κ1) is 17.1. The molecule has 1 rings (SSSR count). The van der Waals surface area contributed by atoms with Crippen LogP contribution >= 0.6 is 0 Å². The lowest BCUT2D eigenvalue weighted by Crippen LogP contribution is -2.38. The molecule has 0 spiro atoms. The molecule has 0 amide bonds. The van der Waals surface area contributed by atoms with Crippen molar-refractivity contribution in [1.82, 2.24) is 4.31 Å². The van der Waals surface area contributed by atoms with Gasteiger partial charge in [0.05, 0.1) is 18.1 Å². The molecular formula is C14H23NO4S. The lowest BCUT2D eigenvalue weighted by atomic mass is 10.1. The van der Waals surface area contributed by atoms with Crippen LogP contribution in [0.1, 0.15) is 23.6 Å². The fraction of sp³-hybridized carbons (Fsp3) is 0.571. The van der Waals surface area contributed by atoms with Gasteiger partial charge < -0.3 is 9.84 Å². The van der Waals surface area contributed by atoms with Crippen LogP contribution in [0.3, 0.4) is 0 Å². The van der Waals surface area contributed by atoms with Gasteiger partial charge in [-0.05, 0) is 43.5 Å². The average Bonchev–Trinajstić information content (AvgIpc) is 2.40. The Kier molecular flexibility index (Phi) is 5.70. The summed E-state index contributed by atoms with van der Waals surface area (Å²) in [4.78, 5) is 0.243. The van der Waals surface area contributed by atoms with Crippen LogP contribution in [0.5, 0.6) is 0 Å². The molecule has 1 unspecified atom stereocenters. The second-order valence-corrected chi connectivity index (χ2v) is 6.99. The fourth-order valence-electron chi connectivity index (χ4n) is 2.00. The molecule has 0 heterocycles. The van der Waals surface area contributed by atoms with Crippen LogP contribution in [0.2, 0.25) is 0 Å². The largest absolute Gasteiger partial charge is 0.392 e. The summed E-state index contributed by atoms with van der Waals surface area (Å²) in [6, 6.07) is 3.07. The van der Waals surface area contributed by atoms with Crippen molar-refractivity contribution in [3.8, 4) is 0 Å². The Labute approximate surface area is 121 Å². The maximum absolute atomic E-state index is 12.7. The number of nitrogens with zero attached hydrogens (tertiary/aromatic N) is 1. The Morgan fingerprint density at radius 2 is 1.95 bits per heavy atom. The van der Waals surface area contributed by atoms with Crippen LogP contribution in [0.4, 0.5) is 0 Å². The van der Waals surface area contributed by atoms with Gasteiger partial charge in [-0.1, -0.05) is 6.07 Å². The number of methoxy groups -OCH3 is 1. The van der Waals surface area contributed by atoms with Crippen LogP contribution < -0.4 is 0 Å². The van der Waals surface area contributed by atoms with E-state index in [4.69, 9.17) is 4.74 Å². The summed E-state index contributed by atoms with van der Waals surface area (Å²) < 4.78 is 31.7. The number of aliphatic hydroxyl groups is 1. The molecule has 0 aromatic heterocycles. The summed E-state index contributed by atoms with van der Waals surface area (Å²) in [6.07, 6.45) is 0. The molecule has 0 saturated heterocycles. The van der Waals surface area contributed by atoms with Crippen molar-refractivity contribution >= 4 is 10.0 Å². The monoisotopic (exact) mass is 301 g/mol. The van der Waals surface area contributed by atoms with E-state index < -0.39 is 10.0 Å². The molecule has 20 heavy (non-hydrogen) atoms. The third-order valence-corrected chi connectivity index (χ3v) is 5.65. The van der Waals surface area contributed by atoms with Gasteiger partial charge in [0, 0.05) is 20.2 Å². The highest BCUT2D eigenvalue weighted by molar-refractivity contribution is 7.89. The Morgan fingerprint density at radius 3 is 2.45 bits per heavy atom. The van der Waals surface area contributed by atoms with Gasteiger partial charge >= 0.3 is 0 Å². The minimum Gasteiger partial charge on any atom is -0.392 e. The highest BCUT2D eigenvalue weighted by Crippen LogP contribution is 2.25. The van der Waals surface area contributed by atoms with E-state index in [9.17, 15) is 13.5 Å². The second kappa shape index (κ2) is 6.67. The quantitative estimate of drug-likeness (QED) is 0.863. The molecule has 5 nitrogen and oxygen atoms in total. The zero-order chi connectivity index (χ0) is 15.5. The van der Waals surface area contributed by atoms with Crippen molar-refractivity contribution in [3.05, 3.63) is 28.8 Å². The Balaban J connectivity index is 3.31. The number of sulfonamides is 1. The van der Waals surface area contributed by atoms with Crippen LogP contribution in [0.25, 0.3) is 0 Å². The van der Waals surface area contributed by atoms with Crippen molar-refractivity contribution in [1.29, 1.82) is 0 Å². The predicted molar refractivity (Wildman–Crippen MR) is 78.1 cm³/mol. The number of hydrogen-bond acceptors (Lipinski definition) is 4. The molecule has 0 radical (unpaired) electrons. The van der Waals surface area contributed by atoms with Crippen molar-refractivity contribution in [2.75, 3.05) is 20.8 Å². The topological polar surface area (TPSA) is 66.8 Å². The lowest BCUT2D eigenvalue weighted by Gasteiger charge is -2.25. The highest BCUT2D eigenvalue weighted by Gasteiger charge is 2.27. The molecule has 1 aromatic carbocycles. The summed E-state index contributed by atoms with van der Waals surface area (Å²) in [5.74, 6) is 0. The predicted octanol–water partition coefficient (Wildman–Crippen LogP) is 1.45. The molecule has 0 fully saturated rings. The summed E-state index contributed by atoms with van der Waals surface area (Å²) >= 11 is 0. The first-order chi connectivity index (χ1) is 9.25. The summed E-state index contributed by atoms with van der Waals surface area (Å²) in [5.41, 5.74) is 2.15. The number of likely N-dealkylation sites (N-methyl/N-ethyl adjacent to an activating group) is 1. The maximum atomic E-state index is 12.7. The number of benzene rings is 1. The molecule has 1 N–H and O–H groups in total. The van der Waals surface area contributed by atoms with Gasteiger partial charge in [0.25, 0.3) is 0 Å². The van der Waals surface area contributed by atoms with Crippen LogP contribution in [0, 0.1) is 13.8 Å². The normalized spacial score (nSPS) is 13.8. The molecule has 0 aliphatic carbocycles. The van der Waals surface area contributed by atoms with E-state index >= 15 is 0 Å². The van der Waals surface area contributed by atoms with Crippen molar-refractivity contribution in [3.63, 3.8) is 0 Å². The Morgan fingerprint density at radius 1 is 1.35 bits per heavy atom. The molecule has 1 atom stereocenters. The number of hydrogen-bond donors (Lipinski definition) is 1. The van der Waals surface area contributed by atoms with E-state index in [-0.39, 0.29) is 17.5 Å². The van der Waals surface area contributed by atoms with E-state index in [0.717, 1.165) is 5.56 Å². The van der Waals surface area contributed by atoms with E-state index in [1.54, 1.807) is 34.1 Å². The second-order valence-electron chi connectivity index (χ2n) is 5.02. The minimum absolute atomic E-state index is 0.180. The van der Waals surface area contributed by atoms with Crippen LogP contribution in [-0.2, 0) is 21.4 Å². The first-order valence-corrected chi connectivity index (χ1v) is 7.87. The molecule has 114 valence electrons. The van der Waals surface area contributed by atoms with Crippen LogP contribution in [0.15, 0.2) is 17.0 Å². The molecule has 1 aromatic rings. The van der Waals surface area contributed by atoms with Gasteiger partial charge in [0.1, 0.15) is 0 Å². The third-order valence-electron chi connectivity index (χ3n) is 3.55. The van der Waals surface area contributed by atoms with Gasteiger partial charge in [-0.25, -0.2) is 8.42 Å². The summed E-state index contributed by atoms with van der Waals surface area (Å²) in [6.45, 7) is 5.55. The van der Waals surface area contributed by atoms with Gasteiger partial charge in [0.15, 0.2) is 0 Å². The van der Waals surface area contributed by atoms with Crippen molar-refractivity contribution in [2.24, 2.45) is 0 Å². The molecule has 0 aliphatic heterocycles. The standard InChI is InChI=1S/C14H23NO4S/c1-10-6-13(8-16)7-14(12(10)3)20(17,18)15(4)11(2)9-19-5/h6-7,11,16H,8-9H2,1-5H3. The fourth-order valence-corrected chi connectivity index (χ4v) is 3.69. The minimum atomic E-state index is -3.60. The molecule has 0 bridgehead atoms. The Bertz CT molecular complexity index is 569. The first-order valence-electron chi connectivity index (χ1n) is 6.43. The van der Waals surface area contributed by atoms with Gasteiger partial charge in [-0.15, -0.1) is 0 Å². The SMILES string of the molecule is COCC(C)N(C)S(=O)(=O)c1cc(CO)cc(C)c1C. The zero-order valence-corrected chi connectivity index (χ0v) is 13.5. The van der Waals surface area contributed by atoms with Crippen molar-refractivity contribution in [2.45, 2.75) is 38.3 Å². The van der Waals surface area contributed by atoms with Crippen LogP contribution in [-0.4, -0.2) is 44.6 Å². The smallest absolute Gasteiger partial charge is 0.243 e. The average molecular weight is 301 g/mol. The maximum Gasteiger partial charge on any atom is 0.243 e. The lowest BCUT2D eigenvalue weighted by molar-refractivity contribution is 0.149. The molecule has 0 aliphatic rings. The highest BCUT2D eigenvalue weighted by atomic mass is 32.2. The van der Waals surface area contributed by atoms with E-state index in [0.29, 0.717) is 17.7 Å². The zero-order valence-electron chi connectivity index (χ0n) is 12.7. The van der Waals surface area contributed by atoms with E-state index in [2.05, 4.69) is 0 Å². The van der Waals surface area contributed by atoms with Gasteiger partial charge in [0.2, 0.25) is 10.0 Å². The number of rotatable bonds is 6. The molecule has 0 saturated carbocycles. The number of aliphatic hydroxyl groups excluding tert-OH is 1. The third kappa shape index (κ3) is 3.38. The molecular weight excluding hydrogens is 278 g/mol. The van der Waals surface area contributed by atoms with Gasteiger partial charge in [-0.3, -0.25) is 0 Å². The Hall–Kier alpha value is -0.950. The van der Waals surface area contributed by atoms with E-state index in [1.165, 1.54) is 10.4 Å². The summed E-state index contributed by atoms with van der Waals surface area (Å²) in [5, 5.41) is 9.25. The van der Waals surface area contributed by atoms with Crippen molar-refractivity contribution < 1.29 is 18.3 Å². The number of aryl methyl sites for hydroxylation is 1. The van der Waals surface area contributed by atoms with Gasteiger partial charge in [-0.2, -0.15) is 4.31 Å². The molecule has 6 heteroatoms. The number of ether oxygens (including phenoxy) is 1. The summed E-state index contributed by atoms with van der Waals surface area (Å²) in [7, 11) is -0.522. The van der Waals surface area contributed by atoms with E-state index in [1.807, 2.05) is 6.92 Å².